The smallest absolute Gasteiger partial charge is 0.143 e. The first-order valence-corrected chi connectivity index (χ1v) is 19.3. The average molecular weight is 620 g/mol. The minimum absolute atomic E-state index is 0.947. The van der Waals surface area contributed by atoms with Crippen molar-refractivity contribution in [2.75, 3.05) is 4.90 Å². The Labute approximate surface area is 276 Å². The summed E-state index contributed by atoms with van der Waals surface area (Å²) < 4.78 is 6.58. The first kappa shape index (κ1) is 27.6. The van der Waals surface area contributed by atoms with E-state index in [2.05, 4.69) is 182 Å². The van der Waals surface area contributed by atoms with E-state index in [4.69, 9.17) is 4.42 Å². The number of furan rings is 1. The van der Waals surface area contributed by atoms with Crippen LogP contribution in [0.1, 0.15) is 0 Å². The van der Waals surface area contributed by atoms with Gasteiger partial charge in [-0.15, -0.1) is 0 Å². The first-order valence-electron chi connectivity index (χ1n) is 16.3. The third-order valence-corrected chi connectivity index (χ3v) is 13.4. The van der Waals surface area contributed by atoms with E-state index in [9.17, 15) is 0 Å². The van der Waals surface area contributed by atoms with Gasteiger partial charge in [0.1, 0.15) is 19.2 Å². The van der Waals surface area contributed by atoms with Crippen molar-refractivity contribution in [1.29, 1.82) is 0 Å². The van der Waals surface area contributed by atoms with Gasteiger partial charge in [0.25, 0.3) is 0 Å². The van der Waals surface area contributed by atoms with Gasteiger partial charge in [0, 0.05) is 33.4 Å². The molecule has 1 aliphatic rings. The molecule has 2 heterocycles. The molecule has 1 aliphatic heterocycles. The lowest BCUT2D eigenvalue weighted by Crippen LogP contribution is -2.49. The molecule has 9 rings (SSSR count). The fourth-order valence-electron chi connectivity index (χ4n) is 7.49. The number of rotatable bonds is 5. The molecule has 0 amide bonds. The van der Waals surface area contributed by atoms with E-state index in [0.717, 1.165) is 28.2 Å². The Morgan fingerprint density at radius 1 is 0.447 bits per heavy atom. The van der Waals surface area contributed by atoms with E-state index >= 15 is 0 Å². The van der Waals surface area contributed by atoms with Crippen molar-refractivity contribution in [2.24, 2.45) is 0 Å². The fourth-order valence-corrected chi connectivity index (χ4v) is 10.5. The van der Waals surface area contributed by atoms with Crippen LogP contribution in [0.15, 0.2) is 168 Å². The number of fused-ring (bicyclic) bond motifs is 7. The molecular formula is C44H33NOSi. The summed E-state index contributed by atoms with van der Waals surface area (Å²) in [4.78, 5) is 2.42. The zero-order valence-electron chi connectivity index (χ0n) is 26.4. The zero-order valence-corrected chi connectivity index (χ0v) is 27.4. The fraction of sp³-hybridized carbons (Fsp3) is 0.0455. The lowest BCUT2D eigenvalue weighted by atomic mass is 10.0. The van der Waals surface area contributed by atoms with E-state index in [-0.39, 0.29) is 0 Å². The van der Waals surface area contributed by atoms with Crippen LogP contribution in [0, 0.1) is 0 Å². The molecule has 0 N–H and O–H groups in total. The van der Waals surface area contributed by atoms with Gasteiger partial charge in [-0.3, -0.25) is 0 Å². The molecule has 0 atom stereocenters. The summed E-state index contributed by atoms with van der Waals surface area (Å²) in [6, 6.07) is 59.2. The second kappa shape index (κ2) is 10.7. The molecule has 224 valence electrons. The molecule has 7 aromatic carbocycles. The molecule has 0 radical (unpaired) electrons. The highest BCUT2D eigenvalue weighted by atomic mass is 28.3. The number of anilines is 3. The van der Waals surface area contributed by atoms with Crippen LogP contribution in [0.25, 0.3) is 55.3 Å². The van der Waals surface area contributed by atoms with Gasteiger partial charge in [-0.2, -0.15) is 0 Å². The zero-order chi connectivity index (χ0) is 31.5. The molecular weight excluding hydrogens is 587 g/mol. The van der Waals surface area contributed by atoms with Crippen molar-refractivity contribution >= 4 is 57.4 Å². The Morgan fingerprint density at radius 2 is 1.02 bits per heavy atom. The average Bonchev–Trinajstić information content (AvgIpc) is 3.61. The van der Waals surface area contributed by atoms with Crippen molar-refractivity contribution in [3.8, 4) is 33.4 Å². The summed E-state index contributed by atoms with van der Waals surface area (Å²) in [6.07, 6.45) is 0. The van der Waals surface area contributed by atoms with Gasteiger partial charge >= 0.3 is 0 Å². The third-order valence-electron chi connectivity index (χ3n) is 9.85. The van der Waals surface area contributed by atoms with Crippen molar-refractivity contribution in [3.63, 3.8) is 0 Å². The molecule has 0 saturated carbocycles. The molecule has 0 unspecified atom stereocenters. The molecule has 0 aliphatic carbocycles. The molecule has 0 saturated heterocycles. The van der Waals surface area contributed by atoms with Crippen LogP contribution in [0.2, 0.25) is 13.1 Å². The van der Waals surface area contributed by atoms with Gasteiger partial charge < -0.3 is 9.32 Å². The summed E-state index contributed by atoms with van der Waals surface area (Å²) in [5.41, 5.74) is 12.8. The molecule has 2 nitrogen and oxygen atoms in total. The minimum Gasteiger partial charge on any atom is -0.455 e. The third kappa shape index (κ3) is 4.46. The van der Waals surface area contributed by atoms with E-state index in [1.807, 2.05) is 0 Å². The van der Waals surface area contributed by atoms with E-state index in [0.29, 0.717) is 0 Å². The topological polar surface area (TPSA) is 16.4 Å². The Bertz CT molecular complexity index is 2360. The minimum atomic E-state index is -2.04. The van der Waals surface area contributed by atoms with Crippen molar-refractivity contribution in [3.05, 3.63) is 164 Å². The van der Waals surface area contributed by atoms with Gasteiger partial charge in [0.15, 0.2) is 0 Å². The second-order valence-electron chi connectivity index (χ2n) is 13.0. The van der Waals surface area contributed by atoms with Gasteiger partial charge in [0.2, 0.25) is 0 Å². The summed E-state index contributed by atoms with van der Waals surface area (Å²) >= 11 is 0. The van der Waals surface area contributed by atoms with Crippen LogP contribution in [-0.2, 0) is 0 Å². The molecule has 1 aromatic heterocycles. The SMILES string of the molecule is C[Si]1(C)c2cc(N(c3cccc(-c4ccccc4)c3)c3cccc(-c4ccccc4)c3)ccc2-c2c1ccc1c2oc2ccccc21. The standard InChI is InChI=1S/C44H33NOSi/c1-47(2)41-26-25-38-37-21-9-10-22-40(37)46-44(38)43(41)39-24-23-36(29-42(39)47)45(34-19-11-17-32(27-34)30-13-5-3-6-14-30)35-20-12-18-33(28-35)31-15-7-4-8-16-31/h3-29H,1-2H3. The monoisotopic (exact) mass is 619 g/mol. The van der Waals surface area contributed by atoms with Gasteiger partial charge in [-0.1, -0.05) is 134 Å². The summed E-state index contributed by atoms with van der Waals surface area (Å²) in [5.74, 6) is 0. The van der Waals surface area contributed by atoms with Gasteiger partial charge in [-0.25, -0.2) is 0 Å². The number of hydrogen-bond donors (Lipinski definition) is 0. The molecule has 0 fully saturated rings. The van der Waals surface area contributed by atoms with E-state index in [1.54, 1.807) is 0 Å². The quantitative estimate of drug-likeness (QED) is 0.178. The van der Waals surface area contributed by atoms with Crippen molar-refractivity contribution < 1.29 is 4.42 Å². The first-order chi connectivity index (χ1) is 23.1. The molecule has 8 aromatic rings. The van der Waals surface area contributed by atoms with Gasteiger partial charge in [-0.05, 0) is 80.7 Å². The van der Waals surface area contributed by atoms with Crippen LogP contribution < -0.4 is 15.3 Å². The normalized spacial score (nSPS) is 13.1. The molecule has 3 heteroatoms. The highest BCUT2D eigenvalue weighted by Gasteiger charge is 2.40. The maximum absolute atomic E-state index is 6.58. The Kier molecular flexibility index (Phi) is 6.31. The highest BCUT2D eigenvalue weighted by Crippen LogP contribution is 2.42. The number of para-hydroxylation sites is 1. The molecule has 47 heavy (non-hydrogen) atoms. The largest absolute Gasteiger partial charge is 0.455 e. The number of nitrogens with zero attached hydrogens (tertiary/aromatic N) is 1. The Morgan fingerprint density at radius 3 is 1.68 bits per heavy atom. The predicted molar refractivity (Wildman–Crippen MR) is 201 cm³/mol. The van der Waals surface area contributed by atoms with Gasteiger partial charge in [0.05, 0.1) is 0 Å². The summed E-state index contributed by atoms with van der Waals surface area (Å²) in [5, 5.41) is 5.26. The maximum atomic E-state index is 6.58. The maximum Gasteiger partial charge on any atom is 0.143 e. The van der Waals surface area contributed by atoms with Crippen molar-refractivity contribution in [1.82, 2.24) is 0 Å². The Hall–Kier alpha value is -5.64. The molecule has 0 bridgehead atoms. The van der Waals surface area contributed by atoms with Crippen LogP contribution in [0.5, 0.6) is 0 Å². The Balaban J connectivity index is 1.24. The van der Waals surface area contributed by atoms with Crippen LogP contribution in [0.3, 0.4) is 0 Å². The summed E-state index contributed by atoms with van der Waals surface area (Å²) in [7, 11) is -2.04. The van der Waals surface area contributed by atoms with E-state index in [1.165, 1.54) is 54.5 Å². The van der Waals surface area contributed by atoms with Crippen LogP contribution >= 0.6 is 0 Å². The van der Waals surface area contributed by atoms with Crippen molar-refractivity contribution in [2.45, 2.75) is 13.1 Å². The number of benzene rings is 7. The molecule has 0 spiro atoms. The number of hydrogen-bond acceptors (Lipinski definition) is 2. The second-order valence-corrected chi connectivity index (χ2v) is 17.3. The lowest BCUT2D eigenvalue weighted by molar-refractivity contribution is 0.670. The van der Waals surface area contributed by atoms with E-state index < -0.39 is 8.07 Å². The van der Waals surface area contributed by atoms with Crippen LogP contribution in [-0.4, -0.2) is 8.07 Å². The highest BCUT2D eigenvalue weighted by molar-refractivity contribution is 7.04. The predicted octanol–water partition coefficient (Wildman–Crippen LogP) is 11.2. The lowest BCUT2D eigenvalue weighted by Gasteiger charge is -2.28. The summed E-state index contributed by atoms with van der Waals surface area (Å²) in [6.45, 7) is 4.96. The van der Waals surface area contributed by atoms with Crippen LogP contribution in [0.4, 0.5) is 17.1 Å².